The molecule has 0 bridgehead atoms. The first-order chi connectivity index (χ1) is 12.1. The molecular weight excluding hydrogens is 359 g/mol. The molecule has 0 atom stereocenters. The molecular formula is C16H12F3NO6. The van der Waals surface area contributed by atoms with Crippen molar-refractivity contribution in [2.75, 3.05) is 7.11 Å². The second kappa shape index (κ2) is 7.30. The van der Waals surface area contributed by atoms with Crippen molar-refractivity contribution in [3.8, 4) is 17.2 Å². The van der Waals surface area contributed by atoms with Crippen LogP contribution in [0, 0.1) is 17.0 Å². The third kappa shape index (κ3) is 4.62. The van der Waals surface area contributed by atoms with Gasteiger partial charge in [0.05, 0.1) is 12.0 Å². The van der Waals surface area contributed by atoms with Gasteiger partial charge in [0.15, 0.2) is 0 Å². The number of esters is 1. The van der Waals surface area contributed by atoms with E-state index in [4.69, 9.17) is 4.74 Å². The van der Waals surface area contributed by atoms with Gasteiger partial charge in [-0.25, -0.2) is 4.79 Å². The van der Waals surface area contributed by atoms with E-state index < -0.39 is 28.7 Å². The maximum Gasteiger partial charge on any atom is 0.573 e. The second-order valence-electron chi connectivity index (χ2n) is 5.00. The Labute approximate surface area is 145 Å². The van der Waals surface area contributed by atoms with Crippen LogP contribution in [0.2, 0.25) is 0 Å². The molecule has 0 radical (unpaired) electrons. The molecule has 0 saturated carbocycles. The lowest BCUT2D eigenvalue weighted by Crippen LogP contribution is -2.16. The molecule has 0 spiro atoms. The van der Waals surface area contributed by atoms with Crippen LogP contribution in [-0.4, -0.2) is 24.4 Å². The van der Waals surface area contributed by atoms with Gasteiger partial charge in [0.25, 0.3) is 5.69 Å². The first kappa shape index (κ1) is 19.0. The van der Waals surface area contributed by atoms with Crippen molar-refractivity contribution in [2.24, 2.45) is 0 Å². The van der Waals surface area contributed by atoms with E-state index in [9.17, 15) is 28.1 Å². The van der Waals surface area contributed by atoms with Crippen LogP contribution in [-0.2, 0) is 4.74 Å². The van der Waals surface area contributed by atoms with E-state index in [0.29, 0.717) is 5.56 Å². The summed E-state index contributed by atoms with van der Waals surface area (Å²) in [7, 11) is 1.08. The summed E-state index contributed by atoms with van der Waals surface area (Å²) in [6.07, 6.45) is -4.81. The Morgan fingerprint density at radius 1 is 1.12 bits per heavy atom. The molecule has 0 aliphatic carbocycles. The number of alkyl halides is 3. The third-order valence-electron chi connectivity index (χ3n) is 3.18. The lowest BCUT2D eigenvalue weighted by atomic mass is 10.1. The van der Waals surface area contributed by atoms with Gasteiger partial charge in [0, 0.05) is 12.1 Å². The summed E-state index contributed by atoms with van der Waals surface area (Å²) in [5.74, 6) is -1.09. The van der Waals surface area contributed by atoms with Gasteiger partial charge in [-0.1, -0.05) is 0 Å². The van der Waals surface area contributed by atoms with Crippen LogP contribution in [0.15, 0.2) is 36.4 Å². The number of ether oxygens (including phenoxy) is 3. The molecule has 0 aliphatic heterocycles. The molecule has 0 heterocycles. The van der Waals surface area contributed by atoms with Crippen LogP contribution < -0.4 is 9.47 Å². The molecule has 10 heteroatoms. The SMILES string of the molecule is COC(=O)c1cc(Oc2ccc(OC(F)(F)F)cc2)c(C)cc1[N+](=O)[O-]. The van der Waals surface area contributed by atoms with Gasteiger partial charge in [-0.3, -0.25) is 10.1 Å². The topological polar surface area (TPSA) is 87.9 Å². The minimum absolute atomic E-state index is 0.112. The average Bonchev–Trinajstić information content (AvgIpc) is 2.55. The van der Waals surface area contributed by atoms with Crippen LogP contribution >= 0.6 is 0 Å². The minimum Gasteiger partial charge on any atom is -0.465 e. The number of nitro groups is 1. The minimum atomic E-state index is -4.81. The summed E-state index contributed by atoms with van der Waals surface area (Å²) in [5, 5.41) is 11.1. The van der Waals surface area contributed by atoms with Crippen molar-refractivity contribution in [1.29, 1.82) is 0 Å². The number of hydrogen-bond donors (Lipinski definition) is 0. The lowest BCUT2D eigenvalue weighted by molar-refractivity contribution is -0.385. The van der Waals surface area contributed by atoms with Gasteiger partial charge in [-0.15, -0.1) is 13.2 Å². The molecule has 2 rings (SSSR count). The fourth-order valence-electron chi connectivity index (χ4n) is 2.04. The predicted molar refractivity (Wildman–Crippen MR) is 82.4 cm³/mol. The van der Waals surface area contributed by atoms with E-state index in [1.54, 1.807) is 0 Å². The number of methoxy groups -OCH3 is 1. The van der Waals surface area contributed by atoms with E-state index in [1.165, 1.54) is 19.1 Å². The van der Waals surface area contributed by atoms with E-state index in [-0.39, 0.29) is 17.1 Å². The number of carbonyl (C=O) groups excluding carboxylic acids is 1. The molecule has 138 valence electrons. The van der Waals surface area contributed by atoms with Crippen molar-refractivity contribution in [3.05, 3.63) is 57.6 Å². The fourth-order valence-corrected chi connectivity index (χ4v) is 2.04. The first-order valence-corrected chi connectivity index (χ1v) is 7.01. The van der Waals surface area contributed by atoms with Gasteiger partial charge in [0.1, 0.15) is 22.8 Å². The largest absolute Gasteiger partial charge is 0.573 e. The van der Waals surface area contributed by atoms with Gasteiger partial charge >= 0.3 is 12.3 Å². The highest BCUT2D eigenvalue weighted by atomic mass is 19.4. The van der Waals surface area contributed by atoms with Gasteiger partial charge in [0.2, 0.25) is 0 Å². The van der Waals surface area contributed by atoms with Crippen molar-refractivity contribution < 1.29 is 37.1 Å². The number of nitrogens with zero attached hydrogens (tertiary/aromatic N) is 1. The summed E-state index contributed by atoms with van der Waals surface area (Å²) in [6.45, 7) is 1.52. The smallest absolute Gasteiger partial charge is 0.465 e. The molecule has 7 nitrogen and oxygen atoms in total. The summed E-state index contributed by atoms with van der Waals surface area (Å²) in [6, 6.07) is 6.82. The highest BCUT2D eigenvalue weighted by Crippen LogP contribution is 2.33. The average molecular weight is 371 g/mol. The number of carbonyl (C=O) groups is 1. The summed E-state index contributed by atoms with van der Waals surface area (Å²) in [5.41, 5.74) is -0.411. The first-order valence-electron chi connectivity index (χ1n) is 7.01. The van der Waals surface area contributed by atoms with Crippen LogP contribution in [0.25, 0.3) is 0 Å². The molecule has 26 heavy (non-hydrogen) atoms. The molecule has 2 aromatic carbocycles. The summed E-state index contributed by atoms with van der Waals surface area (Å²) in [4.78, 5) is 22.1. The molecule has 0 fully saturated rings. The molecule has 0 aliphatic rings. The predicted octanol–water partition coefficient (Wildman–Crippen LogP) is 4.38. The second-order valence-corrected chi connectivity index (χ2v) is 5.00. The zero-order valence-electron chi connectivity index (χ0n) is 13.5. The molecule has 0 amide bonds. The molecule has 0 aromatic heterocycles. The lowest BCUT2D eigenvalue weighted by Gasteiger charge is -2.12. The maximum atomic E-state index is 12.1. The Morgan fingerprint density at radius 3 is 2.19 bits per heavy atom. The molecule has 2 aromatic rings. The number of hydrogen-bond acceptors (Lipinski definition) is 6. The number of nitro benzene ring substituents is 1. The van der Waals surface area contributed by atoms with Crippen LogP contribution in [0.5, 0.6) is 17.2 Å². The number of benzene rings is 2. The Morgan fingerprint density at radius 2 is 1.69 bits per heavy atom. The van der Waals surface area contributed by atoms with E-state index in [1.807, 2.05) is 0 Å². The van der Waals surface area contributed by atoms with Crippen molar-refractivity contribution in [3.63, 3.8) is 0 Å². The number of rotatable bonds is 5. The van der Waals surface area contributed by atoms with Crippen molar-refractivity contribution >= 4 is 11.7 Å². The van der Waals surface area contributed by atoms with Crippen LogP contribution in [0.3, 0.4) is 0 Å². The van der Waals surface area contributed by atoms with Crippen molar-refractivity contribution in [2.45, 2.75) is 13.3 Å². The third-order valence-corrected chi connectivity index (χ3v) is 3.18. The van der Waals surface area contributed by atoms with E-state index >= 15 is 0 Å². The fraction of sp³-hybridized carbons (Fsp3) is 0.188. The van der Waals surface area contributed by atoms with Crippen molar-refractivity contribution in [1.82, 2.24) is 0 Å². The van der Waals surface area contributed by atoms with E-state index in [0.717, 1.165) is 31.4 Å². The van der Waals surface area contributed by atoms with Crippen LogP contribution in [0.4, 0.5) is 18.9 Å². The molecule has 0 unspecified atom stereocenters. The standard InChI is InChI=1S/C16H12F3NO6/c1-9-7-13(20(22)23)12(15(21)24-2)8-14(9)25-10-3-5-11(6-4-10)26-16(17,18)19/h3-8H,1-2H3. The highest BCUT2D eigenvalue weighted by molar-refractivity contribution is 5.94. The quantitative estimate of drug-likeness (QED) is 0.440. The Kier molecular flexibility index (Phi) is 5.34. The summed E-state index contributed by atoms with van der Waals surface area (Å²) < 4.78 is 50.2. The zero-order valence-corrected chi connectivity index (χ0v) is 13.5. The Balaban J connectivity index is 2.31. The van der Waals surface area contributed by atoms with Gasteiger partial charge in [-0.05, 0) is 36.8 Å². The number of aryl methyl sites for hydroxylation is 1. The van der Waals surface area contributed by atoms with Crippen LogP contribution in [0.1, 0.15) is 15.9 Å². The maximum absolute atomic E-state index is 12.1. The van der Waals surface area contributed by atoms with Gasteiger partial charge < -0.3 is 14.2 Å². The monoisotopic (exact) mass is 371 g/mol. The zero-order chi connectivity index (χ0) is 19.5. The number of halogens is 3. The normalized spacial score (nSPS) is 11.0. The molecule has 0 saturated heterocycles. The highest BCUT2D eigenvalue weighted by Gasteiger charge is 2.31. The summed E-state index contributed by atoms with van der Waals surface area (Å²) >= 11 is 0. The van der Waals surface area contributed by atoms with E-state index in [2.05, 4.69) is 9.47 Å². The Hall–Kier alpha value is -3.30. The Bertz CT molecular complexity index is 833. The molecule has 0 N–H and O–H groups in total. The van der Waals surface area contributed by atoms with Gasteiger partial charge in [-0.2, -0.15) is 0 Å².